The topological polar surface area (TPSA) is 58.6 Å². The van der Waals surface area contributed by atoms with Gasteiger partial charge >= 0.3 is 0 Å². The van der Waals surface area contributed by atoms with E-state index in [1.165, 1.54) is 0 Å². The maximum absolute atomic E-state index is 8.85. The van der Waals surface area contributed by atoms with Crippen LogP contribution in [0.1, 0.15) is 11.1 Å². The summed E-state index contributed by atoms with van der Waals surface area (Å²) < 4.78 is 0.876. The lowest BCUT2D eigenvalue weighted by molar-refractivity contribution is 0.318. The van der Waals surface area contributed by atoms with Crippen LogP contribution in [0.4, 0.5) is 0 Å². The Kier molecular flexibility index (Phi) is 5.34. The van der Waals surface area contributed by atoms with Gasteiger partial charge in [0, 0.05) is 25.7 Å². The molecule has 0 unspecified atom stereocenters. The summed E-state index contributed by atoms with van der Waals surface area (Å²) in [6.45, 7) is 0. The maximum atomic E-state index is 8.85. The van der Waals surface area contributed by atoms with Crippen LogP contribution < -0.4 is 5.73 Å². The number of nitrogens with two attached hydrogens (primary N) is 1. The van der Waals surface area contributed by atoms with Crippen molar-refractivity contribution in [3.8, 4) is 0 Å². The van der Waals surface area contributed by atoms with Crippen LogP contribution in [0.2, 0.25) is 5.02 Å². The van der Waals surface area contributed by atoms with E-state index in [-0.39, 0.29) is 5.84 Å². The smallest absolute Gasteiger partial charge is 0.171 e. The molecule has 2 aromatic rings. The summed E-state index contributed by atoms with van der Waals surface area (Å²) in [4.78, 5) is 0.934. The third kappa shape index (κ3) is 3.69. The van der Waals surface area contributed by atoms with Gasteiger partial charge in [-0.3, -0.25) is 0 Å². The molecule has 0 aromatic heterocycles. The highest BCUT2D eigenvalue weighted by Gasteiger charge is 2.09. The number of oxime groups is 1. The number of rotatable bonds is 4. The molecule has 0 bridgehead atoms. The van der Waals surface area contributed by atoms with Crippen molar-refractivity contribution >= 4 is 45.1 Å². The van der Waals surface area contributed by atoms with Gasteiger partial charge < -0.3 is 10.9 Å². The predicted octanol–water partition coefficient (Wildman–Crippen LogP) is 4.49. The third-order valence-electron chi connectivity index (χ3n) is 2.67. The molecule has 0 aliphatic carbocycles. The lowest BCUT2D eigenvalue weighted by Gasteiger charge is -2.09. The minimum absolute atomic E-state index is 0.0907. The molecule has 3 nitrogen and oxygen atoms in total. The average molecular weight is 372 g/mol. The first-order valence-corrected chi connectivity index (χ1v) is 7.91. The van der Waals surface area contributed by atoms with Crippen LogP contribution in [0, 0.1) is 0 Å². The van der Waals surface area contributed by atoms with Crippen LogP contribution in [0.15, 0.2) is 57.0 Å². The van der Waals surface area contributed by atoms with Crippen molar-refractivity contribution in [1.29, 1.82) is 0 Å². The Morgan fingerprint density at radius 1 is 1.30 bits per heavy atom. The highest BCUT2D eigenvalue weighted by atomic mass is 79.9. The summed E-state index contributed by atoms with van der Waals surface area (Å²) in [5, 5.41) is 12.7. The van der Waals surface area contributed by atoms with E-state index >= 15 is 0 Å². The largest absolute Gasteiger partial charge is 0.409 e. The molecular formula is C14H12BrClN2OS. The monoisotopic (exact) mass is 370 g/mol. The Balaban J connectivity index is 2.24. The number of thioether (sulfide) groups is 1. The molecular weight excluding hydrogens is 360 g/mol. The molecule has 6 heteroatoms. The Morgan fingerprint density at radius 2 is 2.05 bits per heavy atom. The fraction of sp³-hybridized carbons (Fsp3) is 0.0714. The molecule has 3 N–H and O–H groups in total. The standard InChI is InChI=1S/C14H12BrClN2OS/c15-10-5-6-13(11(7-10)14(17)18-19)20-8-9-3-1-2-4-12(9)16/h1-7,19H,8H2,(H2,17,18). The first-order chi connectivity index (χ1) is 9.61. The molecule has 2 aromatic carbocycles. The van der Waals surface area contributed by atoms with Crippen molar-refractivity contribution in [1.82, 2.24) is 0 Å². The maximum Gasteiger partial charge on any atom is 0.171 e. The van der Waals surface area contributed by atoms with Gasteiger partial charge in [0.1, 0.15) is 0 Å². The summed E-state index contributed by atoms with van der Waals surface area (Å²) in [6.07, 6.45) is 0. The van der Waals surface area contributed by atoms with Crippen LogP contribution in [-0.2, 0) is 5.75 Å². The highest BCUT2D eigenvalue weighted by Crippen LogP contribution is 2.30. The summed E-state index contributed by atoms with van der Waals surface area (Å²) >= 11 is 11.1. The van der Waals surface area contributed by atoms with E-state index < -0.39 is 0 Å². The van der Waals surface area contributed by atoms with E-state index in [2.05, 4.69) is 21.1 Å². The lowest BCUT2D eigenvalue weighted by atomic mass is 10.2. The van der Waals surface area contributed by atoms with Gasteiger partial charge in [0.25, 0.3) is 0 Å². The Bertz CT molecular complexity index is 649. The second kappa shape index (κ2) is 7.02. The number of amidine groups is 1. The Morgan fingerprint density at radius 3 is 2.75 bits per heavy atom. The quantitative estimate of drug-likeness (QED) is 0.274. The van der Waals surface area contributed by atoms with E-state index in [0.29, 0.717) is 11.3 Å². The summed E-state index contributed by atoms with van der Waals surface area (Å²) in [5.41, 5.74) is 7.44. The number of nitrogens with zero attached hydrogens (tertiary/aromatic N) is 1. The minimum atomic E-state index is 0.0907. The normalized spacial score (nSPS) is 11.6. The second-order valence-corrected chi connectivity index (χ2v) is 6.35. The number of hydrogen-bond acceptors (Lipinski definition) is 3. The second-order valence-electron chi connectivity index (χ2n) is 4.01. The highest BCUT2D eigenvalue weighted by molar-refractivity contribution is 9.10. The minimum Gasteiger partial charge on any atom is -0.409 e. The van der Waals surface area contributed by atoms with Crippen molar-refractivity contribution in [3.63, 3.8) is 0 Å². The van der Waals surface area contributed by atoms with Crippen LogP contribution in [0.3, 0.4) is 0 Å². The SMILES string of the molecule is N/C(=N/O)c1cc(Br)ccc1SCc1ccccc1Cl. The number of benzene rings is 2. The fourth-order valence-electron chi connectivity index (χ4n) is 1.65. The molecule has 2 rings (SSSR count). The average Bonchev–Trinajstić information content (AvgIpc) is 2.46. The van der Waals surface area contributed by atoms with Crippen LogP contribution in [-0.4, -0.2) is 11.0 Å². The molecule has 0 saturated carbocycles. The van der Waals surface area contributed by atoms with E-state index in [1.54, 1.807) is 11.8 Å². The zero-order valence-corrected chi connectivity index (χ0v) is 13.5. The molecule has 20 heavy (non-hydrogen) atoms. The van der Waals surface area contributed by atoms with Crippen LogP contribution in [0.5, 0.6) is 0 Å². The molecule has 0 aliphatic rings. The molecule has 0 radical (unpaired) electrons. The lowest BCUT2D eigenvalue weighted by Crippen LogP contribution is -2.14. The van der Waals surface area contributed by atoms with Gasteiger partial charge in [-0.15, -0.1) is 11.8 Å². The van der Waals surface area contributed by atoms with Crippen molar-refractivity contribution in [3.05, 3.63) is 63.1 Å². The number of hydrogen-bond donors (Lipinski definition) is 2. The van der Waals surface area contributed by atoms with Gasteiger partial charge in [0.2, 0.25) is 0 Å². The van der Waals surface area contributed by atoms with Gasteiger partial charge in [0.15, 0.2) is 5.84 Å². The molecule has 0 saturated heterocycles. The van der Waals surface area contributed by atoms with Gasteiger partial charge in [-0.2, -0.15) is 0 Å². The van der Waals surface area contributed by atoms with Crippen LogP contribution in [0.25, 0.3) is 0 Å². The van der Waals surface area contributed by atoms with E-state index in [0.717, 1.165) is 20.0 Å². The van der Waals surface area contributed by atoms with E-state index in [1.807, 2.05) is 42.5 Å². The first kappa shape index (κ1) is 15.2. The van der Waals surface area contributed by atoms with Gasteiger partial charge in [-0.05, 0) is 29.8 Å². The Labute approximate surface area is 134 Å². The predicted molar refractivity (Wildman–Crippen MR) is 87.7 cm³/mol. The zero-order chi connectivity index (χ0) is 14.5. The van der Waals surface area contributed by atoms with Crippen molar-refractivity contribution in [2.24, 2.45) is 10.9 Å². The molecule has 0 fully saturated rings. The van der Waals surface area contributed by atoms with Crippen molar-refractivity contribution in [2.45, 2.75) is 10.6 Å². The number of halogens is 2. The van der Waals surface area contributed by atoms with E-state index in [9.17, 15) is 0 Å². The third-order valence-corrected chi connectivity index (χ3v) is 4.65. The summed E-state index contributed by atoms with van der Waals surface area (Å²) in [6, 6.07) is 13.4. The molecule has 0 heterocycles. The summed E-state index contributed by atoms with van der Waals surface area (Å²) in [7, 11) is 0. The van der Waals surface area contributed by atoms with Gasteiger partial charge in [0.05, 0.1) is 0 Å². The zero-order valence-electron chi connectivity index (χ0n) is 10.4. The van der Waals surface area contributed by atoms with Crippen LogP contribution >= 0.6 is 39.3 Å². The van der Waals surface area contributed by atoms with Crippen molar-refractivity contribution in [2.75, 3.05) is 0 Å². The van der Waals surface area contributed by atoms with Crippen molar-refractivity contribution < 1.29 is 5.21 Å². The van der Waals surface area contributed by atoms with E-state index in [4.69, 9.17) is 22.5 Å². The molecule has 104 valence electrons. The molecule has 0 spiro atoms. The first-order valence-electron chi connectivity index (χ1n) is 5.75. The van der Waals surface area contributed by atoms with Gasteiger partial charge in [-0.1, -0.05) is 50.9 Å². The van der Waals surface area contributed by atoms with Gasteiger partial charge in [-0.25, -0.2) is 0 Å². The Hall–Kier alpha value is -1.17. The molecule has 0 atom stereocenters. The fourth-order valence-corrected chi connectivity index (χ4v) is 3.34. The summed E-state index contributed by atoms with van der Waals surface area (Å²) in [5.74, 6) is 0.806. The molecule has 0 amide bonds. The molecule has 0 aliphatic heterocycles.